The van der Waals surface area contributed by atoms with Crippen molar-refractivity contribution in [3.63, 3.8) is 0 Å². The van der Waals surface area contributed by atoms with E-state index in [1.54, 1.807) is 0 Å². The maximum Gasteiger partial charge on any atom is 0.213 e. The second-order valence-electron chi connectivity index (χ2n) is 8.05. The summed E-state index contributed by atoms with van der Waals surface area (Å²) >= 11 is 1.51. The van der Waals surface area contributed by atoms with E-state index < -0.39 is 0 Å². The largest absolute Gasteiger partial charge is 0.370 e. The topological polar surface area (TPSA) is 92.6 Å². The van der Waals surface area contributed by atoms with Crippen molar-refractivity contribution in [2.75, 3.05) is 24.5 Å². The van der Waals surface area contributed by atoms with Crippen LogP contribution in [0.15, 0.2) is 59.6 Å². The minimum Gasteiger partial charge on any atom is -0.370 e. The van der Waals surface area contributed by atoms with Gasteiger partial charge < -0.3 is 21.7 Å². The molecule has 0 spiro atoms. The van der Waals surface area contributed by atoms with Crippen LogP contribution in [0, 0.1) is 12.8 Å². The number of nitrogens with one attached hydrogen (secondary N) is 1. The molecular formula is C24H30N6S. The molecule has 6 nitrogen and oxygen atoms in total. The first-order chi connectivity index (χ1) is 15.1. The molecule has 31 heavy (non-hydrogen) atoms. The molecule has 162 valence electrons. The third kappa shape index (κ3) is 5.62. The fourth-order valence-electron chi connectivity index (χ4n) is 4.07. The molecule has 4 rings (SSSR count). The van der Waals surface area contributed by atoms with Gasteiger partial charge in [-0.1, -0.05) is 53.8 Å². The van der Waals surface area contributed by atoms with Crippen molar-refractivity contribution in [3.05, 3.63) is 65.9 Å². The first-order valence-electron chi connectivity index (χ1n) is 10.8. The van der Waals surface area contributed by atoms with Crippen LogP contribution in [0.4, 0.5) is 10.8 Å². The zero-order valence-corrected chi connectivity index (χ0v) is 18.7. The second-order valence-corrected chi connectivity index (χ2v) is 9.03. The molecule has 0 bridgehead atoms. The van der Waals surface area contributed by atoms with Gasteiger partial charge in [-0.25, -0.2) is 4.98 Å². The second kappa shape index (κ2) is 9.94. The lowest BCUT2D eigenvalue weighted by Gasteiger charge is -2.32. The zero-order valence-electron chi connectivity index (χ0n) is 17.9. The Labute approximate surface area is 188 Å². The number of thiazole rings is 1. The van der Waals surface area contributed by atoms with Gasteiger partial charge in [-0.05, 0) is 62.0 Å². The smallest absolute Gasteiger partial charge is 0.213 e. The molecule has 1 aromatic heterocycles. The van der Waals surface area contributed by atoms with E-state index in [0.29, 0.717) is 5.13 Å². The lowest BCUT2D eigenvalue weighted by molar-refractivity contribution is 0.373. The third-order valence-corrected chi connectivity index (χ3v) is 6.76. The average Bonchev–Trinajstić information content (AvgIpc) is 3.14. The van der Waals surface area contributed by atoms with Crippen molar-refractivity contribution in [2.24, 2.45) is 22.4 Å². The summed E-state index contributed by atoms with van der Waals surface area (Å²) in [6.45, 7) is 6.21. The Hall–Kier alpha value is -2.90. The summed E-state index contributed by atoms with van der Waals surface area (Å²) in [7, 11) is 0. The minimum atomic E-state index is 0.0325. The van der Waals surface area contributed by atoms with Crippen LogP contribution in [-0.2, 0) is 6.54 Å². The molecule has 3 aromatic rings. The number of piperidine rings is 1. The highest BCUT2D eigenvalue weighted by Crippen LogP contribution is 2.35. The third-order valence-electron chi connectivity index (χ3n) is 5.66. The molecule has 5 N–H and O–H groups in total. The predicted octanol–water partition coefficient (Wildman–Crippen LogP) is 4.03. The average molecular weight is 435 g/mol. The van der Waals surface area contributed by atoms with Crippen LogP contribution in [0.1, 0.15) is 24.1 Å². The summed E-state index contributed by atoms with van der Waals surface area (Å²) in [5.74, 6) is 0.751. The molecule has 0 saturated carbocycles. The van der Waals surface area contributed by atoms with E-state index >= 15 is 0 Å². The number of anilines is 1. The van der Waals surface area contributed by atoms with Gasteiger partial charge in [0.2, 0.25) is 5.13 Å². The van der Waals surface area contributed by atoms with Crippen molar-refractivity contribution >= 4 is 28.1 Å². The van der Waals surface area contributed by atoms with E-state index in [9.17, 15) is 0 Å². The van der Waals surface area contributed by atoms with Gasteiger partial charge in [0.25, 0.3) is 0 Å². The monoisotopic (exact) mass is 434 g/mol. The molecule has 1 aliphatic heterocycles. The van der Waals surface area contributed by atoms with Gasteiger partial charge in [0, 0.05) is 18.8 Å². The number of guanidine groups is 1. The number of nitrogens with two attached hydrogens (primary N) is 2. The molecule has 0 amide bonds. The van der Waals surface area contributed by atoms with Crippen LogP contribution in [0.2, 0.25) is 0 Å². The number of aryl methyl sites for hydroxylation is 1. The van der Waals surface area contributed by atoms with Gasteiger partial charge in [-0.15, -0.1) is 0 Å². The Morgan fingerprint density at radius 3 is 2.48 bits per heavy atom. The fourth-order valence-corrected chi connectivity index (χ4v) is 5.04. The van der Waals surface area contributed by atoms with Crippen LogP contribution in [0.5, 0.6) is 0 Å². The Morgan fingerprint density at radius 2 is 1.81 bits per heavy atom. The summed E-state index contributed by atoms with van der Waals surface area (Å²) < 4.78 is 0. The van der Waals surface area contributed by atoms with Gasteiger partial charge in [0.05, 0.1) is 10.6 Å². The van der Waals surface area contributed by atoms with Crippen LogP contribution >= 0.6 is 11.3 Å². The molecule has 1 fully saturated rings. The van der Waals surface area contributed by atoms with Crippen molar-refractivity contribution in [1.82, 2.24) is 10.3 Å². The summed E-state index contributed by atoms with van der Waals surface area (Å²) in [6.07, 6.45) is 2.47. The van der Waals surface area contributed by atoms with E-state index in [1.165, 1.54) is 35.4 Å². The van der Waals surface area contributed by atoms with Crippen LogP contribution in [0.25, 0.3) is 10.4 Å². The molecular weight excluding hydrogens is 404 g/mol. The van der Waals surface area contributed by atoms with Gasteiger partial charge in [0.1, 0.15) is 0 Å². The number of hydrogen-bond acceptors (Lipinski definition) is 5. The van der Waals surface area contributed by atoms with E-state index in [0.717, 1.165) is 48.2 Å². The maximum absolute atomic E-state index is 5.50. The van der Waals surface area contributed by atoms with E-state index in [2.05, 4.69) is 74.8 Å². The summed E-state index contributed by atoms with van der Waals surface area (Å²) in [5, 5.41) is 4.06. The molecule has 2 heterocycles. The van der Waals surface area contributed by atoms with E-state index in [-0.39, 0.29) is 5.96 Å². The minimum absolute atomic E-state index is 0.0325. The van der Waals surface area contributed by atoms with Crippen LogP contribution in [-0.4, -0.2) is 30.6 Å². The standard InChI is InChI=1S/C24H30N6S/c1-17-22(31-24(28-17)29-23(25)26)20-7-9-21(10-8-20)30(15-18-5-3-2-4-6-18)16-19-11-13-27-14-12-19/h2-10,19,27H,11-16H2,1H3,(H4,25,26,28,29). The number of rotatable bonds is 7. The molecule has 0 atom stereocenters. The SMILES string of the molecule is Cc1nc(N=C(N)N)sc1-c1ccc(N(Cc2ccccc2)CC2CCNCC2)cc1. The van der Waals surface area contributed by atoms with Crippen molar-refractivity contribution in [3.8, 4) is 10.4 Å². The number of aromatic nitrogens is 1. The lowest BCUT2D eigenvalue weighted by Crippen LogP contribution is -2.36. The summed E-state index contributed by atoms with van der Waals surface area (Å²) in [5.41, 5.74) is 15.7. The maximum atomic E-state index is 5.50. The van der Waals surface area contributed by atoms with Gasteiger partial charge in [-0.2, -0.15) is 4.99 Å². The van der Waals surface area contributed by atoms with Crippen molar-refractivity contribution in [1.29, 1.82) is 0 Å². The molecule has 0 radical (unpaired) electrons. The highest BCUT2D eigenvalue weighted by Gasteiger charge is 2.18. The normalized spacial score (nSPS) is 14.4. The Balaban J connectivity index is 1.56. The van der Waals surface area contributed by atoms with Crippen molar-refractivity contribution < 1.29 is 0 Å². The Bertz CT molecular complexity index is 1000. The lowest BCUT2D eigenvalue weighted by atomic mass is 9.97. The van der Waals surface area contributed by atoms with Crippen molar-refractivity contribution in [2.45, 2.75) is 26.3 Å². The molecule has 2 aromatic carbocycles. The molecule has 0 aliphatic carbocycles. The number of hydrogen-bond donors (Lipinski definition) is 3. The fraction of sp³-hybridized carbons (Fsp3) is 0.333. The number of nitrogens with zero attached hydrogens (tertiary/aromatic N) is 3. The molecule has 1 saturated heterocycles. The van der Waals surface area contributed by atoms with Crippen LogP contribution in [0.3, 0.4) is 0 Å². The highest BCUT2D eigenvalue weighted by molar-refractivity contribution is 7.18. The Morgan fingerprint density at radius 1 is 1.10 bits per heavy atom. The number of aliphatic imine (C=N–C) groups is 1. The highest BCUT2D eigenvalue weighted by atomic mass is 32.1. The van der Waals surface area contributed by atoms with Gasteiger partial charge in [-0.3, -0.25) is 0 Å². The predicted molar refractivity (Wildman–Crippen MR) is 131 cm³/mol. The molecule has 1 aliphatic rings. The van der Waals surface area contributed by atoms with Crippen LogP contribution < -0.4 is 21.7 Å². The Kier molecular flexibility index (Phi) is 6.84. The summed E-state index contributed by atoms with van der Waals surface area (Å²) in [6, 6.07) is 19.5. The van der Waals surface area contributed by atoms with Gasteiger partial charge in [0.15, 0.2) is 5.96 Å². The first kappa shape index (κ1) is 21.3. The summed E-state index contributed by atoms with van der Waals surface area (Å²) in [4.78, 5) is 12.2. The molecule has 7 heteroatoms. The van der Waals surface area contributed by atoms with Gasteiger partial charge >= 0.3 is 0 Å². The quantitative estimate of drug-likeness (QED) is 0.386. The molecule has 0 unspecified atom stereocenters. The first-order valence-corrected chi connectivity index (χ1v) is 11.6. The number of benzene rings is 2. The van der Waals surface area contributed by atoms with E-state index in [4.69, 9.17) is 11.5 Å². The van der Waals surface area contributed by atoms with E-state index in [1.807, 2.05) is 6.92 Å². The zero-order chi connectivity index (χ0) is 21.6.